The third kappa shape index (κ3) is 10.5. The predicted octanol–water partition coefficient (Wildman–Crippen LogP) is 7.42. The first-order chi connectivity index (χ1) is 27.7. The lowest BCUT2D eigenvalue weighted by Crippen LogP contribution is -2.56. The third-order valence-corrected chi connectivity index (χ3v) is 10.7. The van der Waals surface area contributed by atoms with Crippen LogP contribution >= 0.6 is 0 Å². The van der Waals surface area contributed by atoms with Gasteiger partial charge in [-0.15, -0.1) is 0 Å². The fourth-order valence-corrected chi connectivity index (χ4v) is 7.48. The number of hydrogen-bond acceptors (Lipinski definition) is 6. The zero-order valence-corrected chi connectivity index (χ0v) is 31.8. The molecule has 0 bridgehead atoms. The van der Waals surface area contributed by atoms with Crippen LogP contribution in [0.5, 0.6) is 0 Å². The van der Waals surface area contributed by atoms with Crippen molar-refractivity contribution in [3.05, 3.63) is 167 Å². The number of piperazine rings is 2. The van der Waals surface area contributed by atoms with Crippen LogP contribution < -0.4 is 9.80 Å². The van der Waals surface area contributed by atoms with E-state index in [2.05, 4.69) is 43.9 Å². The van der Waals surface area contributed by atoms with E-state index in [1.165, 1.54) is 29.8 Å². The van der Waals surface area contributed by atoms with Gasteiger partial charge in [0.05, 0.1) is 5.56 Å². The maximum atomic E-state index is 14.7. The number of anilines is 2. The molecule has 7 rings (SSSR count). The molecule has 1 aromatic heterocycles. The molecule has 2 saturated heterocycles. The van der Waals surface area contributed by atoms with E-state index < -0.39 is 23.7 Å². The van der Waals surface area contributed by atoms with Crippen molar-refractivity contribution in [3.63, 3.8) is 0 Å². The Bertz CT molecular complexity index is 2070. The van der Waals surface area contributed by atoms with Gasteiger partial charge in [0.1, 0.15) is 11.9 Å². The van der Waals surface area contributed by atoms with Gasteiger partial charge in [-0.2, -0.15) is 13.2 Å². The Morgan fingerprint density at radius 2 is 1.28 bits per heavy atom. The van der Waals surface area contributed by atoms with Crippen molar-refractivity contribution in [2.24, 2.45) is 0 Å². The Hall–Kier alpha value is -5.94. The van der Waals surface area contributed by atoms with Crippen LogP contribution in [-0.2, 0) is 35.3 Å². The van der Waals surface area contributed by atoms with Crippen molar-refractivity contribution < 1.29 is 22.8 Å². The Morgan fingerprint density at radius 3 is 1.89 bits per heavy atom. The molecule has 2 aliphatic rings. The number of carbonyl (C=O) groups is 2. The maximum Gasteiger partial charge on any atom is 0.416 e. The summed E-state index contributed by atoms with van der Waals surface area (Å²) in [5.41, 5.74) is 3.76. The SMILES string of the molecule is O=C(C(Cc1ccccc1)N(Cc1ccc(N2CCN(c3ccccn3)CC2)cc1)C(=O)/C=C/c1ccc(C(F)(F)F)cc1)N1CCN(Cc2ccccc2)CC1. The average Bonchev–Trinajstić information content (AvgIpc) is 3.25. The summed E-state index contributed by atoms with van der Waals surface area (Å²) in [7, 11) is 0. The molecule has 2 amide bonds. The Labute approximate surface area is 332 Å². The number of aromatic nitrogens is 1. The lowest BCUT2D eigenvalue weighted by Gasteiger charge is -2.39. The molecule has 8 nitrogen and oxygen atoms in total. The van der Waals surface area contributed by atoms with Crippen molar-refractivity contribution in [3.8, 4) is 0 Å². The molecule has 1 atom stereocenters. The number of nitrogens with zero attached hydrogens (tertiary/aromatic N) is 6. The summed E-state index contributed by atoms with van der Waals surface area (Å²) in [5.74, 6) is 0.441. The second-order valence-corrected chi connectivity index (χ2v) is 14.5. The number of halogens is 3. The average molecular weight is 773 g/mol. The zero-order chi connectivity index (χ0) is 39.6. The molecule has 1 unspecified atom stereocenters. The van der Waals surface area contributed by atoms with E-state index >= 15 is 0 Å². The Morgan fingerprint density at radius 1 is 0.667 bits per heavy atom. The minimum atomic E-state index is -4.46. The molecular formula is C46H47F3N6O2. The van der Waals surface area contributed by atoms with Crippen molar-refractivity contribution in [1.82, 2.24) is 19.7 Å². The van der Waals surface area contributed by atoms with Gasteiger partial charge >= 0.3 is 6.18 Å². The molecule has 0 spiro atoms. The number of rotatable bonds is 12. The van der Waals surface area contributed by atoms with E-state index in [1.54, 1.807) is 4.90 Å². The largest absolute Gasteiger partial charge is 0.416 e. The Kier molecular flexibility index (Phi) is 12.6. The highest BCUT2D eigenvalue weighted by molar-refractivity contribution is 5.95. The van der Waals surface area contributed by atoms with Crippen LogP contribution in [0.3, 0.4) is 0 Å². The predicted molar refractivity (Wildman–Crippen MR) is 218 cm³/mol. The molecule has 2 aliphatic heterocycles. The quantitative estimate of drug-likeness (QED) is 0.123. The molecule has 3 heterocycles. The third-order valence-electron chi connectivity index (χ3n) is 10.7. The lowest BCUT2D eigenvalue weighted by atomic mass is 10.0. The molecule has 0 N–H and O–H groups in total. The van der Waals surface area contributed by atoms with Crippen molar-refractivity contribution >= 4 is 29.4 Å². The molecule has 5 aromatic rings. The fourth-order valence-electron chi connectivity index (χ4n) is 7.48. The topological polar surface area (TPSA) is 63.2 Å². The number of carbonyl (C=O) groups excluding carboxylic acids is 2. The molecule has 0 aliphatic carbocycles. The smallest absolute Gasteiger partial charge is 0.368 e. The van der Waals surface area contributed by atoms with Crippen LogP contribution in [0.1, 0.15) is 27.8 Å². The van der Waals surface area contributed by atoms with E-state index in [4.69, 9.17) is 0 Å². The van der Waals surface area contributed by atoms with Crippen molar-refractivity contribution in [1.29, 1.82) is 0 Å². The van der Waals surface area contributed by atoms with Gasteiger partial charge < -0.3 is 19.6 Å². The number of benzene rings is 4. The standard InChI is InChI=1S/C46H47F3N6O2/c47-46(48,49)40-19-14-36(15-20-40)18-23-44(56)55(35-39-16-21-41(22-17-39)52-29-31-53(32-30-52)43-13-7-8-24-50-43)42(33-37-9-3-1-4-10-37)45(57)54-27-25-51(26-28-54)34-38-11-5-2-6-12-38/h1-24,42H,25-35H2/b23-18+. The van der Waals surface area contributed by atoms with Crippen LogP contribution in [-0.4, -0.2) is 89.9 Å². The molecule has 4 aromatic carbocycles. The van der Waals surface area contributed by atoms with E-state index in [9.17, 15) is 22.8 Å². The number of amides is 2. The highest BCUT2D eigenvalue weighted by atomic mass is 19.4. The minimum absolute atomic E-state index is 0.128. The van der Waals surface area contributed by atoms with Gasteiger partial charge in [0.25, 0.3) is 0 Å². The second kappa shape index (κ2) is 18.3. The molecule has 11 heteroatoms. The van der Waals surface area contributed by atoms with E-state index in [-0.39, 0.29) is 12.5 Å². The van der Waals surface area contributed by atoms with Crippen LogP contribution in [0, 0.1) is 0 Å². The van der Waals surface area contributed by atoms with E-state index in [0.29, 0.717) is 38.2 Å². The maximum absolute atomic E-state index is 14.7. The highest BCUT2D eigenvalue weighted by Gasteiger charge is 2.34. The first-order valence-corrected chi connectivity index (χ1v) is 19.4. The minimum Gasteiger partial charge on any atom is -0.368 e. The molecule has 294 valence electrons. The van der Waals surface area contributed by atoms with Gasteiger partial charge in [-0.3, -0.25) is 14.5 Å². The highest BCUT2D eigenvalue weighted by Crippen LogP contribution is 2.29. The monoisotopic (exact) mass is 772 g/mol. The van der Waals surface area contributed by atoms with Gasteiger partial charge in [0.15, 0.2) is 0 Å². The summed E-state index contributed by atoms with van der Waals surface area (Å²) in [4.78, 5) is 43.9. The molecule has 0 radical (unpaired) electrons. The zero-order valence-electron chi connectivity index (χ0n) is 31.8. The summed E-state index contributed by atoms with van der Waals surface area (Å²) in [6, 6.07) is 37.9. The van der Waals surface area contributed by atoms with E-state index in [1.807, 2.05) is 90.0 Å². The number of hydrogen-bond donors (Lipinski definition) is 0. The number of pyridine rings is 1. The van der Waals surface area contributed by atoms with E-state index in [0.717, 1.165) is 67.5 Å². The van der Waals surface area contributed by atoms with Gasteiger partial charge in [0, 0.05) is 89.8 Å². The first-order valence-electron chi connectivity index (χ1n) is 19.4. The normalized spacial score (nSPS) is 15.8. The van der Waals surface area contributed by atoms with Crippen molar-refractivity contribution in [2.75, 3.05) is 62.2 Å². The summed E-state index contributed by atoms with van der Waals surface area (Å²) in [5, 5.41) is 0. The Balaban J connectivity index is 1.12. The molecular weight excluding hydrogens is 726 g/mol. The second-order valence-electron chi connectivity index (χ2n) is 14.5. The fraction of sp³-hybridized carbons (Fsp3) is 0.283. The van der Waals surface area contributed by atoms with Crippen LogP contribution in [0.4, 0.5) is 24.7 Å². The number of alkyl halides is 3. The molecule has 2 fully saturated rings. The summed E-state index contributed by atoms with van der Waals surface area (Å²) >= 11 is 0. The van der Waals surface area contributed by atoms with Gasteiger partial charge in [-0.25, -0.2) is 4.98 Å². The molecule has 0 saturated carbocycles. The summed E-state index contributed by atoms with van der Waals surface area (Å²) < 4.78 is 39.7. The summed E-state index contributed by atoms with van der Waals surface area (Å²) in [6.07, 6.45) is 0.527. The van der Waals surface area contributed by atoms with Gasteiger partial charge in [-0.1, -0.05) is 91.0 Å². The van der Waals surface area contributed by atoms with Gasteiger partial charge in [0.2, 0.25) is 11.8 Å². The van der Waals surface area contributed by atoms with Crippen LogP contribution in [0.25, 0.3) is 6.08 Å². The lowest BCUT2D eigenvalue weighted by molar-refractivity contribution is -0.145. The molecule has 57 heavy (non-hydrogen) atoms. The van der Waals surface area contributed by atoms with Crippen molar-refractivity contribution in [2.45, 2.75) is 31.7 Å². The summed E-state index contributed by atoms with van der Waals surface area (Å²) in [6.45, 7) is 6.80. The van der Waals surface area contributed by atoms with Crippen LogP contribution in [0.15, 0.2) is 140 Å². The first kappa shape index (κ1) is 39.3. The van der Waals surface area contributed by atoms with Crippen LogP contribution in [0.2, 0.25) is 0 Å². The van der Waals surface area contributed by atoms with Gasteiger partial charge in [-0.05, 0) is 64.7 Å².